The smallest absolute Gasteiger partial charge is 0.290 e. The molecule has 0 spiro atoms. The predicted molar refractivity (Wildman–Crippen MR) is 120 cm³/mol. The third-order valence-corrected chi connectivity index (χ3v) is 5.60. The van der Waals surface area contributed by atoms with Crippen LogP contribution in [0.1, 0.15) is 27.5 Å². The number of halogens is 1. The number of para-hydroxylation sites is 1. The van der Waals surface area contributed by atoms with E-state index in [1.165, 1.54) is 31.3 Å². The third-order valence-electron chi connectivity index (χ3n) is 5.60. The van der Waals surface area contributed by atoms with Crippen molar-refractivity contribution in [1.29, 1.82) is 0 Å². The molecule has 1 amide bonds. The highest BCUT2D eigenvalue weighted by Gasteiger charge is 2.44. The summed E-state index contributed by atoms with van der Waals surface area (Å²) in [5.74, 6) is -1.15. The Morgan fingerprint density at radius 3 is 2.27 bits per heavy atom. The second kappa shape index (κ2) is 9.16. The Kier molecular flexibility index (Phi) is 6.13. The molecule has 4 rings (SSSR count). The molecule has 6 nitrogen and oxygen atoms in total. The molecule has 1 N–H and O–H groups in total. The summed E-state index contributed by atoms with van der Waals surface area (Å²) in [6.07, 6.45) is 0. The SMILES string of the molecule is COc1ccc(C(=O)C2=C(O)C(=O)N(Cc3ccc(F)cc3)C2c2ccccc2OC)cc1. The number of hydrogen-bond acceptors (Lipinski definition) is 5. The van der Waals surface area contributed by atoms with Crippen LogP contribution in [-0.2, 0) is 11.3 Å². The van der Waals surface area contributed by atoms with Crippen molar-refractivity contribution >= 4 is 11.7 Å². The van der Waals surface area contributed by atoms with Crippen molar-refractivity contribution in [2.45, 2.75) is 12.6 Å². The second-order valence-electron chi connectivity index (χ2n) is 7.52. The number of aliphatic hydroxyl groups excluding tert-OH is 1. The van der Waals surface area contributed by atoms with Crippen LogP contribution in [0, 0.1) is 5.82 Å². The Hall–Kier alpha value is -4.13. The number of amides is 1. The van der Waals surface area contributed by atoms with Crippen molar-refractivity contribution in [3.8, 4) is 11.5 Å². The van der Waals surface area contributed by atoms with E-state index in [2.05, 4.69) is 0 Å². The minimum absolute atomic E-state index is 0.0446. The van der Waals surface area contributed by atoms with E-state index in [1.54, 1.807) is 60.7 Å². The lowest BCUT2D eigenvalue weighted by Crippen LogP contribution is -2.31. The maximum absolute atomic E-state index is 13.5. The Bertz CT molecular complexity index is 1220. The van der Waals surface area contributed by atoms with Gasteiger partial charge in [-0.1, -0.05) is 30.3 Å². The van der Waals surface area contributed by atoms with Crippen LogP contribution in [0.2, 0.25) is 0 Å². The summed E-state index contributed by atoms with van der Waals surface area (Å²) in [5, 5.41) is 10.8. The van der Waals surface area contributed by atoms with Gasteiger partial charge in [-0.15, -0.1) is 0 Å². The van der Waals surface area contributed by atoms with E-state index in [1.807, 2.05) is 0 Å². The molecule has 0 aliphatic carbocycles. The van der Waals surface area contributed by atoms with Crippen LogP contribution < -0.4 is 9.47 Å². The number of benzene rings is 3. The number of ketones is 1. The molecule has 0 fully saturated rings. The molecule has 0 saturated carbocycles. The zero-order valence-electron chi connectivity index (χ0n) is 18.1. The van der Waals surface area contributed by atoms with Gasteiger partial charge in [0.1, 0.15) is 17.3 Å². The highest BCUT2D eigenvalue weighted by atomic mass is 19.1. The van der Waals surface area contributed by atoms with E-state index in [9.17, 15) is 19.1 Å². The van der Waals surface area contributed by atoms with Crippen LogP contribution in [0.4, 0.5) is 4.39 Å². The van der Waals surface area contributed by atoms with Gasteiger partial charge in [0.2, 0.25) is 0 Å². The third kappa shape index (κ3) is 4.17. The van der Waals surface area contributed by atoms with E-state index in [4.69, 9.17) is 9.47 Å². The summed E-state index contributed by atoms with van der Waals surface area (Å²) in [5.41, 5.74) is 1.46. The van der Waals surface area contributed by atoms with E-state index >= 15 is 0 Å². The molecular formula is C26H22FNO5. The van der Waals surface area contributed by atoms with Gasteiger partial charge >= 0.3 is 0 Å². The number of carbonyl (C=O) groups excluding carboxylic acids is 2. The molecule has 1 aliphatic rings. The summed E-state index contributed by atoms with van der Waals surface area (Å²) < 4.78 is 24.0. The highest BCUT2D eigenvalue weighted by molar-refractivity contribution is 6.16. The quantitative estimate of drug-likeness (QED) is 0.535. The molecule has 0 radical (unpaired) electrons. The van der Waals surface area contributed by atoms with Crippen LogP contribution in [0.5, 0.6) is 11.5 Å². The largest absolute Gasteiger partial charge is 0.503 e. The Balaban J connectivity index is 1.81. The molecule has 1 aliphatic heterocycles. The first-order valence-corrected chi connectivity index (χ1v) is 10.2. The molecule has 7 heteroatoms. The molecule has 0 bridgehead atoms. The molecule has 1 atom stereocenters. The Morgan fingerprint density at radius 1 is 0.970 bits per heavy atom. The lowest BCUT2D eigenvalue weighted by molar-refractivity contribution is -0.130. The van der Waals surface area contributed by atoms with Gasteiger partial charge < -0.3 is 19.5 Å². The molecule has 3 aromatic carbocycles. The van der Waals surface area contributed by atoms with Crippen molar-refractivity contribution in [2.24, 2.45) is 0 Å². The van der Waals surface area contributed by atoms with Crippen molar-refractivity contribution in [3.05, 3.63) is 107 Å². The van der Waals surface area contributed by atoms with E-state index in [-0.39, 0.29) is 12.1 Å². The first kappa shape index (κ1) is 22.1. The van der Waals surface area contributed by atoms with Gasteiger partial charge in [-0.25, -0.2) is 4.39 Å². The summed E-state index contributed by atoms with van der Waals surface area (Å²) in [6, 6.07) is 18.2. The zero-order valence-corrected chi connectivity index (χ0v) is 18.1. The van der Waals surface area contributed by atoms with Crippen molar-refractivity contribution < 1.29 is 28.6 Å². The van der Waals surface area contributed by atoms with Gasteiger partial charge in [0.05, 0.1) is 25.8 Å². The fourth-order valence-corrected chi connectivity index (χ4v) is 3.95. The molecule has 0 saturated heterocycles. The predicted octanol–water partition coefficient (Wildman–Crippen LogP) is 4.62. The van der Waals surface area contributed by atoms with Crippen molar-refractivity contribution in [1.82, 2.24) is 4.90 Å². The van der Waals surface area contributed by atoms with Crippen LogP contribution in [0.25, 0.3) is 0 Å². The number of methoxy groups -OCH3 is 2. The molecule has 3 aromatic rings. The summed E-state index contributed by atoms with van der Waals surface area (Å²) in [7, 11) is 3.01. The molecule has 1 heterocycles. The number of Topliss-reactive ketones (excluding diaryl/α,β-unsaturated/α-hetero) is 1. The van der Waals surface area contributed by atoms with Gasteiger partial charge in [-0.3, -0.25) is 9.59 Å². The Labute approximate surface area is 190 Å². The van der Waals surface area contributed by atoms with Crippen molar-refractivity contribution in [2.75, 3.05) is 14.2 Å². The average molecular weight is 447 g/mol. The first-order valence-electron chi connectivity index (χ1n) is 10.2. The summed E-state index contributed by atoms with van der Waals surface area (Å²) in [6.45, 7) is 0.0608. The van der Waals surface area contributed by atoms with Crippen LogP contribution in [-0.4, -0.2) is 35.9 Å². The van der Waals surface area contributed by atoms with Gasteiger partial charge in [-0.2, -0.15) is 0 Å². The summed E-state index contributed by atoms with van der Waals surface area (Å²) >= 11 is 0. The normalized spacial score (nSPS) is 15.7. The fourth-order valence-electron chi connectivity index (χ4n) is 3.95. The average Bonchev–Trinajstić information content (AvgIpc) is 3.09. The standard InChI is InChI=1S/C26H22FNO5/c1-32-19-13-9-17(10-14-19)24(29)22-23(20-5-3-4-6-21(20)33-2)28(26(31)25(22)30)15-16-7-11-18(27)12-8-16/h3-14,23,30H,15H2,1-2H3. The number of nitrogens with zero attached hydrogens (tertiary/aromatic N) is 1. The lowest BCUT2D eigenvalue weighted by Gasteiger charge is -2.28. The number of rotatable bonds is 7. The first-order chi connectivity index (χ1) is 15.9. The molecule has 0 aromatic heterocycles. The molecular weight excluding hydrogens is 425 g/mol. The topological polar surface area (TPSA) is 76.1 Å². The van der Waals surface area contributed by atoms with Gasteiger partial charge in [0.15, 0.2) is 11.5 Å². The Morgan fingerprint density at radius 2 is 1.64 bits per heavy atom. The van der Waals surface area contributed by atoms with Crippen molar-refractivity contribution in [3.63, 3.8) is 0 Å². The number of carbonyl (C=O) groups is 2. The van der Waals surface area contributed by atoms with Gasteiger partial charge in [0, 0.05) is 17.7 Å². The minimum atomic E-state index is -0.895. The van der Waals surface area contributed by atoms with E-state index in [0.717, 1.165) is 0 Å². The zero-order chi connectivity index (χ0) is 23.5. The van der Waals surface area contributed by atoms with Crippen LogP contribution in [0.3, 0.4) is 0 Å². The maximum atomic E-state index is 13.5. The monoisotopic (exact) mass is 447 g/mol. The van der Waals surface area contributed by atoms with Crippen LogP contribution in [0.15, 0.2) is 84.1 Å². The fraction of sp³-hybridized carbons (Fsp3) is 0.154. The minimum Gasteiger partial charge on any atom is -0.503 e. The van der Waals surface area contributed by atoms with E-state index in [0.29, 0.717) is 28.2 Å². The second-order valence-corrected chi connectivity index (χ2v) is 7.52. The number of ether oxygens (including phenoxy) is 2. The maximum Gasteiger partial charge on any atom is 0.290 e. The molecule has 168 valence electrons. The molecule has 1 unspecified atom stereocenters. The lowest BCUT2D eigenvalue weighted by atomic mass is 9.92. The number of hydrogen-bond donors (Lipinski definition) is 1. The summed E-state index contributed by atoms with van der Waals surface area (Å²) in [4.78, 5) is 28.0. The highest BCUT2D eigenvalue weighted by Crippen LogP contribution is 2.43. The van der Waals surface area contributed by atoms with E-state index < -0.39 is 29.3 Å². The van der Waals surface area contributed by atoms with Gasteiger partial charge in [0.25, 0.3) is 5.91 Å². The number of aliphatic hydroxyl groups is 1. The molecule has 33 heavy (non-hydrogen) atoms. The van der Waals surface area contributed by atoms with Crippen LogP contribution >= 0.6 is 0 Å². The van der Waals surface area contributed by atoms with Gasteiger partial charge in [-0.05, 0) is 48.0 Å².